The molecule has 3 N–H and O–H groups in total. The molecule has 1 fully saturated rings. The van der Waals surface area contributed by atoms with Crippen LogP contribution in [0.5, 0.6) is 0 Å². The quantitative estimate of drug-likeness (QED) is 0.748. The first-order valence-corrected chi connectivity index (χ1v) is 7.94. The number of nitrogens with zero attached hydrogens (tertiary/aromatic N) is 3. The third kappa shape index (κ3) is 4.02. The predicted molar refractivity (Wildman–Crippen MR) is 72.9 cm³/mol. The third-order valence-corrected chi connectivity index (χ3v) is 3.87. The van der Waals surface area contributed by atoms with Crippen LogP contribution in [0.15, 0.2) is 12.5 Å². The number of imidazole rings is 1. The summed E-state index contributed by atoms with van der Waals surface area (Å²) in [6, 6.07) is 0. The maximum atomic E-state index is 12.2. The minimum Gasteiger partial charge on any atom is -0.340 e. The summed E-state index contributed by atoms with van der Waals surface area (Å²) < 4.78 is 25.8. The molecule has 1 saturated heterocycles. The van der Waals surface area contributed by atoms with Gasteiger partial charge in [-0.05, 0) is 18.8 Å². The lowest BCUT2D eigenvalue weighted by Gasteiger charge is -2.32. The van der Waals surface area contributed by atoms with Gasteiger partial charge < -0.3 is 9.47 Å². The molecule has 2 heterocycles. The number of hydrogen-bond donors (Lipinski definition) is 2. The highest BCUT2D eigenvalue weighted by Crippen LogP contribution is 2.17. The van der Waals surface area contributed by atoms with E-state index in [4.69, 9.17) is 5.14 Å². The van der Waals surface area contributed by atoms with Crippen LogP contribution in [0.3, 0.4) is 0 Å². The van der Waals surface area contributed by atoms with Gasteiger partial charge in [0, 0.05) is 32.9 Å². The Labute approximate surface area is 118 Å². The molecule has 0 aromatic carbocycles. The first-order chi connectivity index (χ1) is 9.35. The van der Waals surface area contributed by atoms with E-state index >= 15 is 0 Å². The minimum absolute atomic E-state index is 0.0785. The summed E-state index contributed by atoms with van der Waals surface area (Å²) in [5, 5.41) is 4.91. The van der Waals surface area contributed by atoms with Crippen molar-refractivity contribution in [1.82, 2.24) is 19.2 Å². The molecule has 0 radical (unpaired) electrons. The molecule has 1 unspecified atom stereocenters. The Morgan fingerprint density at radius 3 is 2.95 bits per heavy atom. The van der Waals surface area contributed by atoms with Crippen LogP contribution in [0.25, 0.3) is 0 Å². The van der Waals surface area contributed by atoms with Crippen molar-refractivity contribution in [2.24, 2.45) is 18.1 Å². The number of carbonyl (C=O) groups is 1. The second kappa shape index (κ2) is 5.90. The van der Waals surface area contributed by atoms with Crippen LogP contribution in [0, 0.1) is 5.92 Å². The fraction of sp³-hybridized carbons (Fsp3) is 0.636. The Morgan fingerprint density at radius 2 is 2.35 bits per heavy atom. The van der Waals surface area contributed by atoms with Gasteiger partial charge in [-0.25, -0.2) is 14.8 Å². The standard InChI is InChI=1S/C11H19N5O3S/c1-15-7-10(13-8-15)11(17)16-4-2-3-9(6-16)5-14-20(12,18)19/h7-9,14H,2-6H2,1H3,(H2,12,18,19). The molecule has 9 heteroatoms. The van der Waals surface area contributed by atoms with Gasteiger partial charge in [0.2, 0.25) is 0 Å². The van der Waals surface area contributed by atoms with Crippen LogP contribution in [0.4, 0.5) is 0 Å². The number of likely N-dealkylation sites (tertiary alicyclic amines) is 1. The average molecular weight is 301 g/mol. The summed E-state index contributed by atoms with van der Waals surface area (Å²) in [6.45, 7) is 1.43. The Morgan fingerprint density at radius 1 is 1.60 bits per heavy atom. The number of amides is 1. The molecule has 0 saturated carbocycles. The summed E-state index contributed by atoms with van der Waals surface area (Å²) in [6.07, 6.45) is 4.97. The molecule has 1 aromatic rings. The van der Waals surface area contributed by atoms with Crippen molar-refractivity contribution in [1.29, 1.82) is 0 Å². The number of aromatic nitrogens is 2. The van der Waals surface area contributed by atoms with Gasteiger partial charge in [0.15, 0.2) is 0 Å². The van der Waals surface area contributed by atoms with Crippen molar-refractivity contribution in [2.45, 2.75) is 12.8 Å². The topological polar surface area (TPSA) is 110 Å². The highest BCUT2D eigenvalue weighted by Gasteiger charge is 2.26. The molecule has 0 bridgehead atoms. The SMILES string of the molecule is Cn1cnc(C(=O)N2CCCC(CNS(N)(=O)=O)C2)c1. The Balaban J connectivity index is 1.94. The maximum absolute atomic E-state index is 12.2. The van der Waals surface area contributed by atoms with E-state index in [1.165, 1.54) is 0 Å². The van der Waals surface area contributed by atoms with Crippen LogP contribution in [-0.4, -0.2) is 48.4 Å². The van der Waals surface area contributed by atoms with Crippen molar-refractivity contribution in [3.05, 3.63) is 18.2 Å². The zero-order chi connectivity index (χ0) is 14.8. The van der Waals surface area contributed by atoms with Crippen LogP contribution in [-0.2, 0) is 17.3 Å². The Bertz CT molecular complexity index is 583. The van der Waals surface area contributed by atoms with E-state index in [2.05, 4.69) is 9.71 Å². The van der Waals surface area contributed by atoms with Crippen LogP contribution in [0.1, 0.15) is 23.3 Å². The van der Waals surface area contributed by atoms with Crippen molar-refractivity contribution in [3.8, 4) is 0 Å². The number of rotatable bonds is 4. The monoisotopic (exact) mass is 301 g/mol. The van der Waals surface area contributed by atoms with E-state index in [1.54, 1.807) is 29.0 Å². The average Bonchev–Trinajstić information content (AvgIpc) is 2.82. The summed E-state index contributed by atoms with van der Waals surface area (Å²) >= 11 is 0. The molecular formula is C11H19N5O3S. The third-order valence-electron chi connectivity index (χ3n) is 3.30. The first-order valence-electron chi connectivity index (χ1n) is 6.40. The van der Waals surface area contributed by atoms with Crippen molar-refractivity contribution >= 4 is 16.1 Å². The molecule has 0 spiro atoms. The zero-order valence-corrected chi connectivity index (χ0v) is 12.1. The van der Waals surface area contributed by atoms with E-state index in [-0.39, 0.29) is 18.4 Å². The first kappa shape index (κ1) is 14.9. The number of nitrogens with two attached hydrogens (primary N) is 1. The summed E-state index contributed by atoms with van der Waals surface area (Å²) in [4.78, 5) is 18.0. The van der Waals surface area contributed by atoms with Gasteiger partial charge in [-0.15, -0.1) is 0 Å². The van der Waals surface area contributed by atoms with Gasteiger partial charge in [0.1, 0.15) is 5.69 Å². The number of hydrogen-bond acceptors (Lipinski definition) is 4. The van der Waals surface area contributed by atoms with E-state index in [0.29, 0.717) is 18.8 Å². The molecule has 1 atom stereocenters. The number of piperidine rings is 1. The summed E-state index contributed by atoms with van der Waals surface area (Å²) in [5.74, 6) is -0.0411. The lowest BCUT2D eigenvalue weighted by atomic mass is 9.98. The molecule has 112 valence electrons. The molecule has 1 amide bonds. The largest absolute Gasteiger partial charge is 0.340 e. The van der Waals surface area contributed by atoms with Gasteiger partial charge in [-0.3, -0.25) is 4.79 Å². The molecule has 1 aliphatic rings. The van der Waals surface area contributed by atoms with Crippen LogP contribution >= 0.6 is 0 Å². The molecule has 1 aromatic heterocycles. The molecule has 1 aliphatic heterocycles. The highest BCUT2D eigenvalue weighted by molar-refractivity contribution is 7.87. The maximum Gasteiger partial charge on any atom is 0.274 e. The lowest BCUT2D eigenvalue weighted by Crippen LogP contribution is -2.44. The number of carbonyl (C=O) groups excluding carboxylic acids is 1. The summed E-state index contributed by atoms with van der Waals surface area (Å²) in [7, 11) is -1.87. The second-order valence-electron chi connectivity index (χ2n) is 5.08. The number of aryl methyl sites for hydroxylation is 1. The van der Waals surface area contributed by atoms with E-state index in [9.17, 15) is 13.2 Å². The molecule has 0 aliphatic carbocycles. The van der Waals surface area contributed by atoms with Crippen molar-refractivity contribution in [2.75, 3.05) is 19.6 Å². The fourth-order valence-corrected chi connectivity index (χ4v) is 2.80. The fourth-order valence-electron chi connectivity index (χ4n) is 2.34. The Hall–Kier alpha value is -1.45. The van der Waals surface area contributed by atoms with Gasteiger partial charge in [-0.1, -0.05) is 0 Å². The molecular weight excluding hydrogens is 282 g/mol. The van der Waals surface area contributed by atoms with Crippen LogP contribution < -0.4 is 9.86 Å². The van der Waals surface area contributed by atoms with Gasteiger partial charge in [0.25, 0.3) is 16.1 Å². The van der Waals surface area contributed by atoms with Crippen molar-refractivity contribution in [3.63, 3.8) is 0 Å². The van der Waals surface area contributed by atoms with E-state index in [0.717, 1.165) is 12.8 Å². The van der Waals surface area contributed by atoms with Gasteiger partial charge >= 0.3 is 0 Å². The normalized spacial score (nSPS) is 20.1. The zero-order valence-electron chi connectivity index (χ0n) is 11.3. The smallest absolute Gasteiger partial charge is 0.274 e. The summed E-state index contributed by atoms with van der Waals surface area (Å²) in [5.41, 5.74) is 0.410. The Kier molecular flexibility index (Phi) is 4.41. The second-order valence-corrected chi connectivity index (χ2v) is 6.46. The minimum atomic E-state index is -3.68. The molecule has 2 rings (SSSR count). The predicted octanol–water partition coefficient (Wildman–Crippen LogP) is -0.935. The van der Waals surface area contributed by atoms with Crippen molar-refractivity contribution < 1.29 is 13.2 Å². The highest BCUT2D eigenvalue weighted by atomic mass is 32.2. The van der Waals surface area contributed by atoms with Gasteiger partial charge in [-0.2, -0.15) is 8.42 Å². The number of nitrogens with one attached hydrogen (secondary N) is 1. The lowest BCUT2D eigenvalue weighted by molar-refractivity contribution is 0.0671. The molecule has 20 heavy (non-hydrogen) atoms. The molecule has 8 nitrogen and oxygen atoms in total. The van der Waals surface area contributed by atoms with E-state index in [1.807, 2.05) is 0 Å². The van der Waals surface area contributed by atoms with Gasteiger partial charge in [0.05, 0.1) is 6.33 Å². The van der Waals surface area contributed by atoms with E-state index < -0.39 is 10.2 Å². The van der Waals surface area contributed by atoms with Crippen LogP contribution in [0.2, 0.25) is 0 Å².